The van der Waals surface area contributed by atoms with E-state index < -0.39 is 0 Å². The van der Waals surface area contributed by atoms with Crippen molar-refractivity contribution in [2.45, 2.75) is 45.1 Å². The third kappa shape index (κ3) is 2.61. The van der Waals surface area contributed by atoms with Crippen LogP contribution in [0.3, 0.4) is 0 Å². The van der Waals surface area contributed by atoms with Crippen LogP contribution < -0.4 is 5.32 Å². The first kappa shape index (κ1) is 11.6. The van der Waals surface area contributed by atoms with Crippen LogP contribution in [0.5, 0.6) is 0 Å². The highest BCUT2D eigenvalue weighted by Gasteiger charge is 2.27. The maximum absolute atomic E-state index is 4.32. The van der Waals surface area contributed by atoms with Gasteiger partial charge in [0, 0.05) is 19.5 Å². The average Bonchev–Trinajstić information content (AvgIpc) is 2.87. The number of aryl methyl sites for hydroxylation is 1. The Morgan fingerprint density at radius 2 is 2.38 bits per heavy atom. The molecule has 4 nitrogen and oxygen atoms in total. The highest BCUT2D eigenvalue weighted by atomic mass is 15.3. The van der Waals surface area contributed by atoms with E-state index in [0.717, 1.165) is 24.7 Å². The molecule has 2 unspecified atom stereocenters. The van der Waals surface area contributed by atoms with Crippen LogP contribution in [0.15, 0.2) is 6.33 Å². The molecule has 1 saturated carbocycles. The molecule has 0 bridgehead atoms. The molecule has 0 radical (unpaired) electrons. The fourth-order valence-corrected chi connectivity index (χ4v) is 2.62. The molecule has 1 fully saturated rings. The van der Waals surface area contributed by atoms with Crippen LogP contribution >= 0.6 is 0 Å². The smallest absolute Gasteiger partial charge is 0.138 e. The summed E-state index contributed by atoms with van der Waals surface area (Å²) in [6, 6.07) is 0.691. The van der Waals surface area contributed by atoms with E-state index >= 15 is 0 Å². The van der Waals surface area contributed by atoms with Gasteiger partial charge in [0.25, 0.3) is 0 Å². The summed E-state index contributed by atoms with van der Waals surface area (Å²) >= 11 is 0. The Bertz CT molecular complexity index is 321. The zero-order chi connectivity index (χ0) is 11.4. The summed E-state index contributed by atoms with van der Waals surface area (Å²) in [6.45, 7) is 3.36. The molecule has 0 amide bonds. The third-order valence-corrected chi connectivity index (χ3v) is 3.57. The predicted octanol–water partition coefficient (Wildman–Crippen LogP) is 1.53. The van der Waals surface area contributed by atoms with E-state index in [0.29, 0.717) is 6.04 Å². The van der Waals surface area contributed by atoms with E-state index in [1.807, 2.05) is 11.7 Å². The van der Waals surface area contributed by atoms with Crippen molar-refractivity contribution in [1.82, 2.24) is 20.1 Å². The van der Waals surface area contributed by atoms with E-state index in [9.17, 15) is 0 Å². The molecule has 0 aromatic carbocycles. The number of rotatable bonds is 5. The van der Waals surface area contributed by atoms with Crippen molar-refractivity contribution in [2.75, 3.05) is 6.54 Å². The van der Waals surface area contributed by atoms with Crippen molar-refractivity contribution in [2.24, 2.45) is 13.0 Å². The molecule has 16 heavy (non-hydrogen) atoms. The standard InChI is InChI=1S/C12H22N4/c1-3-7-13-11-6-4-5-10(11)8-12-14-9-15-16(12)2/h9-11,13H,3-8H2,1-2H3. The first-order valence-corrected chi connectivity index (χ1v) is 6.37. The Hall–Kier alpha value is -0.900. The van der Waals surface area contributed by atoms with Crippen LogP contribution in [-0.4, -0.2) is 27.4 Å². The molecule has 2 atom stereocenters. The Labute approximate surface area is 97.5 Å². The summed E-state index contributed by atoms with van der Waals surface area (Å²) in [7, 11) is 1.98. The number of aromatic nitrogens is 3. The lowest BCUT2D eigenvalue weighted by Gasteiger charge is -2.20. The van der Waals surface area contributed by atoms with Crippen molar-refractivity contribution in [3.8, 4) is 0 Å². The number of nitrogens with one attached hydrogen (secondary N) is 1. The van der Waals surface area contributed by atoms with Gasteiger partial charge >= 0.3 is 0 Å². The van der Waals surface area contributed by atoms with Crippen molar-refractivity contribution < 1.29 is 0 Å². The molecular formula is C12H22N4. The first-order chi connectivity index (χ1) is 7.81. The SMILES string of the molecule is CCCNC1CCCC1Cc1ncnn1C. The van der Waals surface area contributed by atoms with Crippen molar-refractivity contribution in [3.63, 3.8) is 0 Å². The minimum atomic E-state index is 0.691. The van der Waals surface area contributed by atoms with Gasteiger partial charge in [-0.15, -0.1) is 0 Å². The largest absolute Gasteiger partial charge is 0.314 e. The van der Waals surface area contributed by atoms with Crippen LogP contribution in [0.2, 0.25) is 0 Å². The lowest BCUT2D eigenvalue weighted by Crippen LogP contribution is -2.34. The fraction of sp³-hybridized carbons (Fsp3) is 0.833. The Morgan fingerprint density at radius 3 is 3.06 bits per heavy atom. The van der Waals surface area contributed by atoms with E-state index in [1.54, 1.807) is 6.33 Å². The van der Waals surface area contributed by atoms with Gasteiger partial charge in [-0.3, -0.25) is 4.68 Å². The van der Waals surface area contributed by atoms with Crippen LogP contribution in [0, 0.1) is 5.92 Å². The van der Waals surface area contributed by atoms with Crippen molar-refractivity contribution in [1.29, 1.82) is 0 Å². The van der Waals surface area contributed by atoms with Gasteiger partial charge in [-0.2, -0.15) is 5.10 Å². The maximum Gasteiger partial charge on any atom is 0.138 e. The molecule has 0 aliphatic heterocycles. The Balaban J connectivity index is 1.91. The summed E-state index contributed by atoms with van der Waals surface area (Å²) in [5, 5.41) is 7.79. The van der Waals surface area contributed by atoms with Gasteiger partial charge in [0.2, 0.25) is 0 Å². The second kappa shape index (κ2) is 5.43. The second-order valence-corrected chi connectivity index (χ2v) is 4.76. The van der Waals surface area contributed by atoms with Gasteiger partial charge in [0.1, 0.15) is 12.2 Å². The quantitative estimate of drug-likeness (QED) is 0.821. The highest BCUT2D eigenvalue weighted by Crippen LogP contribution is 2.28. The Kier molecular flexibility index (Phi) is 3.93. The van der Waals surface area contributed by atoms with Gasteiger partial charge in [-0.05, 0) is 31.7 Å². The Morgan fingerprint density at radius 1 is 1.50 bits per heavy atom. The van der Waals surface area contributed by atoms with Crippen molar-refractivity contribution >= 4 is 0 Å². The van der Waals surface area contributed by atoms with Gasteiger partial charge in [-0.25, -0.2) is 4.98 Å². The third-order valence-electron chi connectivity index (χ3n) is 3.57. The monoisotopic (exact) mass is 222 g/mol. The molecule has 2 rings (SSSR count). The lowest BCUT2D eigenvalue weighted by atomic mass is 9.99. The minimum Gasteiger partial charge on any atom is -0.314 e. The maximum atomic E-state index is 4.32. The van der Waals surface area contributed by atoms with Crippen molar-refractivity contribution in [3.05, 3.63) is 12.2 Å². The van der Waals surface area contributed by atoms with Gasteiger partial charge in [0.05, 0.1) is 0 Å². The summed E-state index contributed by atoms with van der Waals surface area (Å²) in [5.41, 5.74) is 0. The van der Waals surface area contributed by atoms with Crippen LogP contribution in [0.4, 0.5) is 0 Å². The van der Waals surface area contributed by atoms with Crippen LogP contribution in [0.25, 0.3) is 0 Å². The molecule has 1 aromatic heterocycles. The normalized spacial score (nSPS) is 25.1. The molecular weight excluding hydrogens is 200 g/mol. The predicted molar refractivity (Wildman–Crippen MR) is 64.1 cm³/mol. The zero-order valence-corrected chi connectivity index (χ0v) is 10.3. The summed E-state index contributed by atoms with van der Waals surface area (Å²) in [5.74, 6) is 1.87. The van der Waals surface area contributed by atoms with Gasteiger partial charge < -0.3 is 5.32 Å². The van der Waals surface area contributed by atoms with E-state index in [-0.39, 0.29) is 0 Å². The van der Waals surface area contributed by atoms with Crippen LogP contribution in [0.1, 0.15) is 38.4 Å². The molecule has 1 heterocycles. The fourth-order valence-electron chi connectivity index (χ4n) is 2.62. The molecule has 1 aromatic rings. The number of hydrogen-bond acceptors (Lipinski definition) is 3. The molecule has 0 saturated heterocycles. The lowest BCUT2D eigenvalue weighted by molar-refractivity contribution is 0.388. The number of hydrogen-bond donors (Lipinski definition) is 1. The van der Waals surface area contributed by atoms with Gasteiger partial charge in [0.15, 0.2) is 0 Å². The molecule has 0 spiro atoms. The summed E-state index contributed by atoms with van der Waals surface area (Å²) in [4.78, 5) is 4.32. The van der Waals surface area contributed by atoms with E-state index in [4.69, 9.17) is 0 Å². The molecule has 1 N–H and O–H groups in total. The topological polar surface area (TPSA) is 42.7 Å². The van der Waals surface area contributed by atoms with Gasteiger partial charge in [-0.1, -0.05) is 13.3 Å². The first-order valence-electron chi connectivity index (χ1n) is 6.37. The highest BCUT2D eigenvalue weighted by molar-refractivity contribution is 4.93. The number of nitrogens with zero attached hydrogens (tertiary/aromatic N) is 3. The molecule has 4 heteroatoms. The molecule has 1 aliphatic rings. The van der Waals surface area contributed by atoms with E-state index in [1.165, 1.54) is 25.7 Å². The average molecular weight is 222 g/mol. The van der Waals surface area contributed by atoms with Crippen LogP contribution in [-0.2, 0) is 13.5 Å². The minimum absolute atomic E-state index is 0.691. The summed E-state index contributed by atoms with van der Waals surface area (Å²) < 4.78 is 1.90. The molecule has 1 aliphatic carbocycles. The summed E-state index contributed by atoms with van der Waals surface area (Å²) in [6.07, 6.45) is 7.94. The zero-order valence-electron chi connectivity index (χ0n) is 10.3. The van der Waals surface area contributed by atoms with E-state index in [2.05, 4.69) is 22.3 Å². The second-order valence-electron chi connectivity index (χ2n) is 4.76. The molecule has 90 valence electrons.